The van der Waals surface area contributed by atoms with Crippen LogP contribution in [0.1, 0.15) is 75.3 Å². The SMILES string of the molecule is C=CCCOC(=O)N(C)C1CC(=NOCc2ccccc2)C2=CC(CCCCO)C(CCCCO)C3c4cc(OC(=O)NCC)ccc4OC1(OCC=C)C23. The Morgan fingerprint density at radius 3 is 2.53 bits per heavy atom. The van der Waals surface area contributed by atoms with Gasteiger partial charge in [-0.25, -0.2) is 9.59 Å². The van der Waals surface area contributed by atoms with Gasteiger partial charge >= 0.3 is 12.2 Å². The van der Waals surface area contributed by atoms with E-state index in [-0.39, 0.29) is 57.2 Å². The van der Waals surface area contributed by atoms with Crippen LogP contribution in [0.2, 0.25) is 0 Å². The minimum absolute atomic E-state index is 0.0168. The molecule has 2 aromatic carbocycles. The van der Waals surface area contributed by atoms with Gasteiger partial charge in [0.1, 0.15) is 24.1 Å². The molecule has 2 aliphatic carbocycles. The van der Waals surface area contributed by atoms with Gasteiger partial charge in [-0.3, -0.25) is 0 Å². The van der Waals surface area contributed by atoms with E-state index >= 15 is 0 Å². The van der Waals surface area contributed by atoms with Gasteiger partial charge in [0.25, 0.3) is 0 Å². The first-order valence-electron chi connectivity index (χ1n) is 19.5. The van der Waals surface area contributed by atoms with E-state index in [2.05, 4.69) is 24.6 Å². The molecule has 3 N–H and O–H groups in total. The topological polar surface area (TPSA) is 148 Å². The van der Waals surface area contributed by atoms with Gasteiger partial charge in [-0.2, -0.15) is 0 Å². The van der Waals surface area contributed by atoms with E-state index in [1.54, 1.807) is 36.2 Å². The number of fused-ring (bicyclic) bond motifs is 2. The second-order valence-electron chi connectivity index (χ2n) is 14.3. The summed E-state index contributed by atoms with van der Waals surface area (Å²) in [6, 6.07) is 14.4. The summed E-state index contributed by atoms with van der Waals surface area (Å²) in [5.74, 6) is -1.21. The predicted octanol–water partition coefficient (Wildman–Crippen LogP) is 7.27. The van der Waals surface area contributed by atoms with Crippen molar-refractivity contribution in [2.45, 2.75) is 82.6 Å². The number of likely N-dealkylation sites (N-methyl/N-ethyl adjacent to an activating group) is 1. The summed E-state index contributed by atoms with van der Waals surface area (Å²) in [4.78, 5) is 34.0. The highest BCUT2D eigenvalue weighted by Gasteiger charge is 2.65. The number of unbranched alkanes of at least 4 members (excludes halogenated alkanes) is 2. The number of nitrogens with one attached hydrogen (secondary N) is 1. The van der Waals surface area contributed by atoms with E-state index in [4.69, 9.17) is 28.9 Å². The van der Waals surface area contributed by atoms with Crippen LogP contribution in [-0.4, -0.2) is 84.9 Å². The largest absolute Gasteiger partial charge is 0.459 e. The highest BCUT2D eigenvalue weighted by Crippen LogP contribution is 2.61. The molecule has 2 amide bonds. The fourth-order valence-corrected chi connectivity index (χ4v) is 8.30. The van der Waals surface area contributed by atoms with Crippen molar-refractivity contribution in [3.05, 3.63) is 96.6 Å². The molecular formula is C43H57N3O9. The van der Waals surface area contributed by atoms with Crippen LogP contribution < -0.4 is 14.8 Å². The summed E-state index contributed by atoms with van der Waals surface area (Å²) in [7, 11) is 1.69. The van der Waals surface area contributed by atoms with Gasteiger partial charge in [0.15, 0.2) is 0 Å². The molecule has 0 radical (unpaired) electrons. The average Bonchev–Trinajstić information content (AvgIpc) is 3.19. The van der Waals surface area contributed by atoms with Crippen molar-refractivity contribution in [2.75, 3.05) is 40.0 Å². The van der Waals surface area contributed by atoms with Gasteiger partial charge in [0, 0.05) is 44.7 Å². The second-order valence-corrected chi connectivity index (χ2v) is 14.3. The number of oxime groups is 1. The van der Waals surface area contributed by atoms with Gasteiger partial charge in [0.05, 0.1) is 24.8 Å². The minimum atomic E-state index is -1.42. The smallest absolute Gasteiger partial charge is 0.412 e. The van der Waals surface area contributed by atoms with E-state index < -0.39 is 29.9 Å². The molecule has 6 atom stereocenters. The van der Waals surface area contributed by atoms with E-state index in [1.807, 2.05) is 43.3 Å². The Hall–Kier alpha value is -4.65. The third kappa shape index (κ3) is 9.78. The number of nitrogens with zero attached hydrogens (tertiary/aromatic N) is 2. The van der Waals surface area contributed by atoms with Crippen molar-refractivity contribution >= 4 is 17.9 Å². The first kappa shape index (κ1) is 41.5. The third-order valence-electron chi connectivity index (χ3n) is 10.7. The monoisotopic (exact) mass is 759 g/mol. The van der Waals surface area contributed by atoms with Crippen LogP contribution in [0.25, 0.3) is 0 Å². The van der Waals surface area contributed by atoms with Crippen molar-refractivity contribution in [1.29, 1.82) is 0 Å². The van der Waals surface area contributed by atoms with Crippen LogP contribution in [0.5, 0.6) is 11.5 Å². The molecule has 1 aliphatic heterocycles. The van der Waals surface area contributed by atoms with E-state index in [0.29, 0.717) is 43.0 Å². The molecule has 6 unspecified atom stereocenters. The molecule has 2 aromatic rings. The van der Waals surface area contributed by atoms with Crippen LogP contribution >= 0.6 is 0 Å². The molecule has 0 saturated heterocycles. The number of amides is 2. The maximum Gasteiger partial charge on any atom is 0.412 e. The third-order valence-corrected chi connectivity index (χ3v) is 10.7. The lowest BCUT2D eigenvalue weighted by molar-refractivity contribution is -0.253. The van der Waals surface area contributed by atoms with Crippen molar-refractivity contribution in [1.82, 2.24) is 10.2 Å². The Morgan fingerprint density at radius 1 is 1.05 bits per heavy atom. The van der Waals surface area contributed by atoms with Crippen molar-refractivity contribution in [3.63, 3.8) is 0 Å². The zero-order valence-corrected chi connectivity index (χ0v) is 32.2. The Balaban J connectivity index is 1.72. The maximum absolute atomic E-state index is 13.8. The number of carbonyl (C=O) groups is 2. The molecule has 5 rings (SSSR count). The standard InChI is InChI=1S/C43H57N3O9/c1-5-8-25-51-42(50)46(4)38-28-36(45-53-29-30-16-10-9-11-17-30)34-26-31(18-12-14-22-47)33(19-13-15-23-48)39-35-27-32(54-41(49)44-7-3)20-21-37(35)55-43(38,40(34)39)52-24-6-2/h5-6,9-11,16-17,20-21,26-27,31,33,38-40,47-48H,1-2,7-8,12-15,18-19,22-25,28-29H2,3-4H3,(H,44,49). The minimum Gasteiger partial charge on any atom is -0.459 e. The van der Waals surface area contributed by atoms with Crippen LogP contribution in [0.15, 0.2) is 90.6 Å². The molecule has 55 heavy (non-hydrogen) atoms. The van der Waals surface area contributed by atoms with Crippen molar-refractivity contribution < 1.29 is 43.6 Å². The summed E-state index contributed by atoms with van der Waals surface area (Å²) < 4.78 is 25.4. The number of benzene rings is 2. The predicted molar refractivity (Wildman–Crippen MR) is 210 cm³/mol. The summed E-state index contributed by atoms with van der Waals surface area (Å²) in [6.07, 6.45) is 9.73. The molecule has 12 heteroatoms. The number of aliphatic hydroxyl groups excluding tert-OH is 2. The zero-order chi connectivity index (χ0) is 39.2. The van der Waals surface area contributed by atoms with Crippen LogP contribution in [0, 0.1) is 17.8 Å². The van der Waals surface area contributed by atoms with Gasteiger partial charge in [-0.1, -0.05) is 66.6 Å². The summed E-state index contributed by atoms with van der Waals surface area (Å²) >= 11 is 0. The normalized spacial score (nSPS) is 24.3. The fourth-order valence-electron chi connectivity index (χ4n) is 8.30. The number of rotatable bonds is 20. The maximum atomic E-state index is 13.8. The molecule has 0 aromatic heterocycles. The van der Waals surface area contributed by atoms with E-state index in [9.17, 15) is 19.8 Å². The highest BCUT2D eigenvalue weighted by atomic mass is 16.7. The van der Waals surface area contributed by atoms with Crippen LogP contribution in [0.3, 0.4) is 0 Å². The Kier molecular flexibility index (Phi) is 15.3. The Morgan fingerprint density at radius 2 is 1.82 bits per heavy atom. The van der Waals surface area contributed by atoms with Crippen molar-refractivity contribution in [3.8, 4) is 11.5 Å². The van der Waals surface area contributed by atoms with Crippen LogP contribution in [0.4, 0.5) is 9.59 Å². The van der Waals surface area contributed by atoms with Crippen molar-refractivity contribution in [2.24, 2.45) is 22.9 Å². The van der Waals surface area contributed by atoms with Gasteiger partial charge in [0.2, 0.25) is 5.79 Å². The fraction of sp³-hybridized carbons (Fsp3) is 0.512. The van der Waals surface area contributed by atoms with Gasteiger partial charge < -0.3 is 44.2 Å². The number of hydrogen-bond acceptors (Lipinski definition) is 10. The molecule has 298 valence electrons. The number of carbonyl (C=O) groups excluding carboxylic acids is 2. The Bertz CT molecular complexity index is 1660. The Labute approximate surface area is 324 Å². The lowest BCUT2D eigenvalue weighted by Crippen LogP contribution is -2.69. The molecular weight excluding hydrogens is 702 g/mol. The number of ether oxygens (including phenoxy) is 4. The summed E-state index contributed by atoms with van der Waals surface area (Å²) in [6.45, 7) is 10.7. The molecule has 0 spiro atoms. The number of aliphatic hydroxyl groups is 2. The highest BCUT2D eigenvalue weighted by molar-refractivity contribution is 6.03. The molecule has 1 fully saturated rings. The summed E-state index contributed by atoms with van der Waals surface area (Å²) in [5, 5.41) is 27.1. The zero-order valence-electron chi connectivity index (χ0n) is 32.2. The number of allylic oxidation sites excluding steroid dienone is 1. The van der Waals surface area contributed by atoms with Crippen LogP contribution in [-0.2, 0) is 20.9 Å². The second kappa shape index (κ2) is 20.3. The first-order valence-corrected chi connectivity index (χ1v) is 19.5. The van der Waals surface area contributed by atoms with Gasteiger partial charge in [-0.05, 0) is 80.2 Å². The van der Waals surface area contributed by atoms with E-state index in [1.165, 1.54) is 0 Å². The molecule has 3 aliphatic rings. The number of hydrogen-bond donors (Lipinski definition) is 3. The lowest BCUT2D eigenvalue weighted by atomic mass is 9.55. The average molecular weight is 760 g/mol. The van der Waals surface area contributed by atoms with E-state index in [0.717, 1.165) is 42.4 Å². The molecule has 1 heterocycles. The van der Waals surface area contributed by atoms with Gasteiger partial charge in [-0.15, -0.1) is 13.2 Å². The lowest BCUT2D eigenvalue weighted by Gasteiger charge is -2.59. The molecule has 1 saturated carbocycles. The quantitative estimate of drug-likeness (QED) is 0.0720. The molecule has 12 nitrogen and oxygen atoms in total. The summed E-state index contributed by atoms with van der Waals surface area (Å²) in [5.41, 5.74) is 3.38. The molecule has 0 bridgehead atoms. The first-order chi connectivity index (χ1) is 26.8.